The molecule has 1 aromatic rings. The van der Waals surface area contributed by atoms with E-state index in [0.29, 0.717) is 12.3 Å². The normalized spacial score (nSPS) is 11.4. The molecule has 0 aliphatic carbocycles. The molecule has 1 aromatic carbocycles. The highest BCUT2D eigenvalue weighted by molar-refractivity contribution is 9.10. The Labute approximate surface area is 112 Å². The highest BCUT2D eigenvalue weighted by atomic mass is 79.9. The molecule has 0 radical (unpaired) electrons. The fourth-order valence-electron chi connectivity index (χ4n) is 1.41. The van der Waals surface area contributed by atoms with E-state index in [1.54, 1.807) is 0 Å². The van der Waals surface area contributed by atoms with Gasteiger partial charge in [-0.1, -0.05) is 25.5 Å². The van der Waals surface area contributed by atoms with Gasteiger partial charge in [0.1, 0.15) is 0 Å². The van der Waals surface area contributed by atoms with Crippen LogP contribution in [-0.2, 0) is 9.84 Å². The zero-order chi connectivity index (χ0) is 12.7. The molecule has 0 spiro atoms. The summed E-state index contributed by atoms with van der Waals surface area (Å²) in [5.74, 6) is 0.482. The molecule has 3 nitrogen and oxygen atoms in total. The van der Waals surface area contributed by atoms with Gasteiger partial charge in [0.15, 0.2) is 9.84 Å². The second-order valence-electron chi connectivity index (χ2n) is 3.91. The third kappa shape index (κ3) is 5.55. The van der Waals surface area contributed by atoms with Crippen molar-refractivity contribution in [1.29, 1.82) is 0 Å². The maximum atomic E-state index is 11.6. The quantitative estimate of drug-likeness (QED) is 0.840. The monoisotopic (exact) mass is 319 g/mol. The minimum absolute atomic E-state index is 0.189. The molecule has 0 aromatic heterocycles. The van der Waals surface area contributed by atoms with Crippen molar-refractivity contribution in [2.75, 3.05) is 23.4 Å². The van der Waals surface area contributed by atoms with Gasteiger partial charge >= 0.3 is 0 Å². The Morgan fingerprint density at radius 1 is 1.24 bits per heavy atom. The minimum atomic E-state index is -2.90. The van der Waals surface area contributed by atoms with Crippen molar-refractivity contribution in [2.45, 2.75) is 19.8 Å². The molecule has 1 rings (SSSR count). The lowest BCUT2D eigenvalue weighted by Gasteiger charge is -2.08. The number of sulfone groups is 1. The Balaban J connectivity index is 2.40. The van der Waals surface area contributed by atoms with Gasteiger partial charge in [-0.2, -0.15) is 0 Å². The van der Waals surface area contributed by atoms with Gasteiger partial charge in [-0.25, -0.2) is 8.42 Å². The van der Waals surface area contributed by atoms with Crippen LogP contribution in [0.5, 0.6) is 0 Å². The van der Waals surface area contributed by atoms with Crippen LogP contribution in [0.25, 0.3) is 0 Å². The van der Waals surface area contributed by atoms with Gasteiger partial charge < -0.3 is 5.32 Å². The summed E-state index contributed by atoms with van der Waals surface area (Å²) in [4.78, 5) is 0. The lowest BCUT2D eigenvalue weighted by atomic mass is 10.3. The standard InChI is InChI=1S/C12H18BrNO2S/c1-2-3-9-17(15,16)10-8-14-12-7-5-4-6-11(12)13/h4-7,14H,2-3,8-10H2,1H3. The minimum Gasteiger partial charge on any atom is -0.383 e. The topological polar surface area (TPSA) is 46.2 Å². The Bertz CT molecular complexity index is 446. The lowest BCUT2D eigenvalue weighted by molar-refractivity contribution is 0.593. The van der Waals surface area contributed by atoms with Crippen LogP contribution in [-0.4, -0.2) is 26.5 Å². The molecule has 0 saturated carbocycles. The molecule has 0 amide bonds. The third-order valence-corrected chi connectivity index (χ3v) is 4.84. The van der Waals surface area contributed by atoms with E-state index in [4.69, 9.17) is 0 Å². The number of hydrogen-bond donors (Lipinski definition) is 1. The van der Waals surface area contributed by atoms with Crippen molar-refractivity contribution in [3.8, 4) is 0 Å². The summed E-state index contributed by atoms with van der Waals surface area (Å²) in [7, 11) is -2.90. The largest absolute Gasteiger partial charge is 0.383 e. The number of unbranched alkanes of at least 4 members (excludes halogenated alkanes) is 1. The second-order valence-corrected chi connectivity index (χ2v) is 7.07. The maximum absolute atomic E-state index is 11.6. The van der Waals surface area contributed by atoms with Crippen molar-refractivity contribution < 1.29 is 8.42 Å². The molecule has 0 fully saturated rings. The lowest BCUT2D eigenvalue weighted by Crippen LogP contribution is -2.18. The molecular formula is C12H18BrNO2S. The van der Waals surface area contributed by atoms with E-state index >= 15 is 0 Å². The van der Waals surface area contributed by atoms with Crippen molar-refractivity contribution in [3.63, 3.8) is 0 Å². The van der Waals surface area contributed by atoms with Gasteiger partial charge in [-0.15, -0.1) is 0 Å². The molecule has 0 atom stereocenters. The highest BCUT2D eigenvalue weighted by Crippen LogP contribution is 2.20. The van der Waals surface area contributed by atoms with Crippen LogP contribution >= 0.6 is 15.9 Å². The van der Waals surface area contributed by atoms with E-state index in [2.05, 4.69) is 21.2 Å². The van der Waals surface area contributed by atoms with Crippen molar-refractivity contribution in [3.05, 3.63) is 28.7 Å². The molecule has 0 bridgehead atoms. The number of benzene rings is 1. The number of rotatable bonds is 7. The summed E-state index contributed by atoms with van der Waals surface area (Å²) in [6.45, 7) is 2.45. The zero-order valence-electron chi connectivity index (χ0n) is 9.95. The van der Waals surface area contributed by atoms with E-state index in [9.17, 15) is 8.42 Å². The summed E-state index contributed by atoms with van der Waals surface area (Å²) in [5.41, 5.74) is 0.929. The van der Waals surface area contributed by atoms with Crippen LogP contribution in [0, 0.1) is 0 Å². The van der Waals surface area contributed by atoms with Crippen LogP contribution in [0.1, 0.15) is 19.8 Å². The van der Waals surface area contributed by atoms with Crippen LogP contribution in [0.4, 0.5) is 5.69 Å². The van der Waals surface area contributed by atoms with Gasteiger partial charge in [-0.3, -0.25) is 0 Å². The molecule has 1 N–H and O–H groups in total. The summed E-state index contributed by atoms with van der Waals surface area (Å²) in [6, 6.07) is 7.68. The van der Waals surface area contributed by atoms with Crippen molar-refractivity contribution in [1.82, 2.24) is 0 Å². The predicted molar refractivity (Wildman–Crippen MR) is 76.2 cm³/mol. The first-order chi connectivity index (χ1) is 8.05. The molecule has 0 unspecified atom stereocenters. The third-order valence-electron chi connectivity index (χ3n) is 2.41. The van der Waals surface area contributed by atoms with E-state index < -0.39 is 9.84 Å². The van der Waals surface area contributed by atoms with E-state index in [0.717, 1.165) is 23.0 Å². The second kappa shape index (κ2) is 7.01. The molecule has 96 valence electrons. The first-order valence-electron chi connectivity index (χ1n) is 5.74. The molecule has 5 heteroatoms. The van der Waals surface area contributed by atoms with Gasteiger partial charge in [0.05, 0.1) is 11.5 Å². The Morgan fingerprint density at radius 2 is 1.94 bits per heavy atom. The first kappa shape index (κ1) is 14.5. The van der Waals surface area contributed by atoms with E-state index in [1.807, 2.05) is 31.2 Å². The highest BCUT2D eigenvalue weighted by Gasteiger charge is 2.09. The van der Waals surface area contributed by atoms with E-state index in [1.165, 1.54) is 0 Å². The molecular weight excluding hydrogens is 302 g/mol. The molecule has 17 heavy (non-hydrogen) atoms. The number of hydrogen-bond acceptors (Lipinski definition) is 3. The Hall–Kier alpha value is -0.550. The van der Waals surface area contributed by atoms with Crippen LogP contribution < -0.4 is 5.32 Å². The fourth-order valence-corrected chi connectivity index (χ4v) is 3.18. The van der Waals surface area contributed by atoms with E-state index in [-0.39, 0.29) is 5.75 Å². The number of halogens is 1. The number of anilines is 1. The first-order valence-corrected chi connectivity index (χ1v) is 8.35. The molecule has 0 heterocycles. The summed E-state index contributed by atoms with van der Waals surface area (Å²) in [6.07, 6.45) is 1.66. The summed E-state index contributed by atoms with van der Waals surface area (Å²) >= 11 is 3.41. The van der Waals surface area contributed by atoms with Crippen LogP contribution in [0.2, 0.25) is 0 Å². The summed E-state index contributed by atoms with van der Waals surface area (Å²) in [5, 5.41) is 3.12. The molecule has 0 aliphatic rings. The Morgan fingerprint density at radius 3 is 2.59 bits per heavy atom. The van der Waals surface area contributed by atoms with Crippen LogP contribution in [0.15, 0.2) is 28.7 Å². The molecule has 0 saturated heterocycles. The zero-order valence-corrected chi connectivity index (χ0v) is 12.4. The predicted octanol–water partition coefficient (Wildman–Crippen LogP) is 3.08. The Kier molecular flexibility index (Phi) is 5.98. The number of nitrogens with one attached hydrogen (secondary N) is 1. The fraction of sp³-hybridized carbons (Fsp3) is 0.500. The average Bonchev–Trinajstić information content (AvgIpc) is 2.29. The smallest absolute Gasteiger partial charge is 0.152 e. The van der Waals surface area contributed by atoms with Gasteiger partial charge in [0.25, 0.3) is 0 Å². The van der Waals surface area contributed by atoms with Crippen molar-refractivity contribution in [2.24, 2.45) is 0 Å². The maximum Gasteiger partial charge on any atom is 0.152 e. The SMILES string of the molecule is CCCCS(=O)(=O)CCNc1ccccc1Br. The number of para-hydroxylation sites is 1. The average molecular weight is 320 g/mol. The summed E-state index contributed by atoms with van der Waals surface area (Å²) < 4.78 is 24.2. The van der Waals surface area contributed by atoms with Gasteiger partial charge in [0, 0.05) is 16.7 Å². The van der Waals surface area contributed by atoms with Crippen molar-refractivity contribution >= 4 is 31.5 Å². The molecule has 0 aliphatic heterocycles. The van der Waals surface area contributed by atoms with Gasteiger partial charge in [-0.05, 0) is 34.5 Å². The van der Waals surface area contributed by atoms with Crippen LogP contribution in [0.3, 0.4) is 0 Å². The van der Waals surface area contributed by atoms with Gasteiger partial charge in [0.2, 0.25) is 0 Å².